The molecule has 5 heteroatoms. The molecule has 0 spiro atoms. The minimum absolute atomic E-state index is 0. The third-order valence-electron chi connectivity index (χ3n) is 4.87. The molecule has 0 fully saturated rings. The first-order valence-electron chi connectivity index (χ1n) is 10.7. The van der Waals surface area contributed by atoms with Crippen molar-refractivity contribution < 1.29 is 19.8 Å². The predicted molar refractivity (Wildman–Crippen MR) is 113 cm³/mol. The first-order chi connectivity index (χ1) is 12.6. The molecule has 0 rings (SSSR count). The Hall–Kier alpha value is -0.320. The minimum Gasteiger partial charge on any atom is -0.478 e. The van der Waals surface area contributed by atoms with E-state index in [4.69, 9.17) is 10.2 Å². The molecule has 0 aromatic carbocycles. The molecule has 0 aromatic heterocycles. The maximum Gasteiger partial charge on any atom is 0.331 e. The number of carboxylic acids is 2. The summed E-state index contributed by atoms with van der Waals surface area (Å²) in [5, 5.41) is 17.5. The van der Waals surface area contributed by atoms with Gasteiger partial charge < -0.3 is 10.2 Å². The molecule has 0 aliphatic carbocycles. The van der Waals surface area contributed by atoms with Crippen molar-refractivity contribution in [3.8, 4) is 0 Å². The smallest absolute Gasteiger partial charge is 0.331 e. The first-order valence-corrected chi connectivity index (χ1v) is 10.7. The van der Waals surface area contributed by atoms with Crippen molar-refractivity contribution in [2.24, 2.45) is 0 Å². The fourth-order valence-corrected chi connectivity index (χ4v) is 3.25. The third-order valence-corrected chi connectivity index (χ3v) is 4.87. The van der Waals surface area contributed by atoms with Gasteiger partial charge in [-0.1, -0.05) is 103 Å². The Balaban J connectivity index is 0. The van der Waals surface area contributed by atoms with Crippen LogP contribution in [0.15, 0.2) is 11.6 Å². The number of carboxylic acid groups (broad SMARTS) is 2. The molecule has 1 radical (unpaired) electrons. The van der Waals surface area contributed by atoms with Crippen molar-refractivity contribution in [2.75, 3.05) is 0 Å². The third kappa shape index (κ3) is 21.8. The van der Waals surface area contributed by atoms with Gasteiger partial charge in [-0.25, -0.2) is 9.59 Å². The average molecular weight is 392 g/mol. The maximum absolute atomic E-state index is 10.9. The van der Waals surface area contributed by atoms with Gasteiger partial charge in [-0.3, -0.25) is 0 Å². The van der Waals surface area contributed by atoms with Crippen LogP contribution in [0.4, 0.5) is 0 Å². The van der Waals surface area contributed by atoms with Gasteiger partial charge in [0.05, 0.1) is 0 Å². The van der Waals surface area contributed by atoms with Crippen LogP contribution in [0.2, 0.25) is 0 Å². The molecule has 2 N–H and O–H groups in total. The summed E-state index contributed by atoms with van der Waals surface area (Å²) >= 11 is 0. The Kier molecular flexibility index (Phi) is 23.5. The molecule has 0 aromatic rings. The second-order valence-corrected chi connectivity index (χ2v) is 7.37. The molecule has 4 nitrogen and oxygen atoms in total. The molecule has 0 aliphatic heterocycles. The summed E-state index contributed by atoms with van der Waals surface area (Å²) in [7, 11) is 0. The van der Waals surface area contributed by atoms with Crippen LogP contribution in [-0.2, 0) is 9.59 Å². The van der Waals surface area contributed by atoms with E-state index in [0.29, 0.717) is 6.42 Å². The second kappa shape index (κ2) is 22.0. The van der Waals surface area contributed by atoms with Crippen molar-refractivity contribution in [1.29, 1.82) is 0 Å². The van der Waals surface area contributed by atoms with Crippen molar-refractivity contribution in [3.63, 3.8) is 0 Å². The monoisotopic (exact) mass is 391 g/mol. The molecule has 27 heavy (non-hydrogen) atoms. The average Bonchev–Trinajstić information content (AvgIpc) is 2.59. The van der Waals surface area contributed by atoms with E-state index in [9.17, 15) is 9.59 Å². The molecular weight excluding hydrogens is 351 g/mol. The van der Waals surface area contributed by atoms with Crippen LogP contribution >= 0.6 is 0 Å². The zero-order valence-corrected chi connectivity index (χ0v) is 19.8. The summed E-state index contributed by atoms with van der Waals surface area (Å²) in [5.41, 5.74) is 0.00265. The van der Waals surface area contributed by atoms with Gasteiger partial charge in [0.2, 0.25) is 0 Å². The topological polar surface area (TPSA) is 74.6 Å². The van der Waals surface area contributed by atoms with E-state index in [0.717, 1.165) is 25.3 Å². The van der Waals surface area contributed by atoms with E-state index in [1.807, 2.05) is 0 Å². The molecule has 0 atom stereocenters. The van der Waals surface area contributed by atoms with Gasteiger partial charge in [0.1, 0.15) is 0 Å². The Morgan fingerprint density at radius 3 is 1.26 bits per heavy atom. The van der Waals surface area contributed by atoms with Crippen LogP contribution in [0.25, 0.3) is 0 Å². The van der Waals surface area contributed by atoms with E-state index in [2.05, 4.69) is 6.92 Å². The molecule has 0 aliphatic rings. The van der Waals surface area contributed by atoms with Crippen LogP contribution in [0, 0.1) is 0 Å². The number of carbonyl (C=O) groups is 2. The van der Waals surface area contributed by atoms with Crippen LogP contribution in [-0.4, -0.2) is 51.7 Å². The number of unbranched alkanes of at least 4 members (excludes halogenated alkanes) is 15. The van der Waals surface area contributed by atoms with E-state index in [1.165, 1.54) is 83.5 Å². The van der Waals surface area contributed by atoms with Gasteiger partial charge >= 0.3 is 11.9 Å². The van der Waals surface area contributed by atoms with E-state index >= 15 is 0 Å². The van der Waals surface area contributed by atoms with Gasteiger partial charge in [-0.15, -0.1) is 0 Å². The largest absolute Gasteiger partial charge is 0.478 e. The van der Waals surface area contributed by atoms with Crippen molar-refractivity contribution in [2.45, 2.75) is 116 Å². The van der Waals surface area contributed by atoms with E-state index in [-0.39, 0.29) is 35.1 Å². The van der Waals surface area contributed by atoms with Gasteiger partial charge in [0.25, 0.3) is 0 Å². The molecule has 0 unspecified atom stereocenters. The SMILES string of the molecule is CCCCCCCCCCCCCCCCCC/C(=C\C(=O)O)C(=O)O.[Na]. The molecule has 0 bridgehead atoms. The van der Waals surface area contributed by atoms with Gasteiger partial charge in [0, 0.05) is 41.2 Å². The molecule has 0 amide bonds. The van der Waals surface area contributed by atoms with Gasteiger partial charge in [-0.2, -0.15) is 0 Å². The van der Waals surface area contributed by atoms with Crippen molar-refractivity contribution in [3.05, 3.63) is 11.6 Å². The first kappa shape index (κ1) is 28.9. The van der Waals surface area contributed by atoms with Crippen LogP contribution in [0.3, 0.4) is 0 Å². The zero-order valence-electron chi connectivity index (χ0n) is 17.8. The molecule has 0 saturated heterocycles. The summed E-state index contributed by atoms with van der Waals surface area (Å²) < 4.78 is 0. The normalized spacial score (nSPS) is 11.2. The van der Waals surface area contributed by atoms with E-state index < -0.39 is 11.9 Å². The van der Waals surface area contributed by atoms with Crippen LogP contribution < -0.4 is 0 Å². The molecule has 0 heterocycles. The van der Waals surface area contributed by atoms with Crippen molar-refractivity contribution in [1.82, 2.24) is 0 Å². The number of rotatable bonds is 19. The predicted octanol–water partition coefficient (Wildman–Crippen LogP) is 6.35. The summed E-state index contributed by atoms with van der Waals surface area (Å²) in [6, 6.07) is 0. The zero-order chi connectivity index (χ0) is 19.5. The number of hydrogen-bond acceptors (Lipinski definition) is 2. The number of aliphatic carboxylic acids is 2. The van der Waals surface area contributed by atoms with Crippen molar-refractivity contribution >= 4 is 41.5 Å². The Labute approximate surface area is 188 Å². The summed E-state index contributed by atoms with van der Waals surface area (Å²) in [6.45, 7) is 2.26. The summed E-state index contributed by atoms with van der Waals surface area (Å²) in [4.78, 5) is 21.4. The van der Waals surface area contributed by atoms with Gasteiger partial charge in [0.15, 0.2) is 0 Å². The minimum atomic E-state index is -1.18. The summed E-state index contributed by atoms with van der Waals surface area (Å²) in [6.07, 6.45) is 21.6. The molecule has 0 saturated carbocycles. The fourth-order valence-electron chi connectivity index (χ4n) is 3.25. The Morgan fingerprint density at radius 1 is 0.630 bits per heavy atom. The molecule has 153 valence electrons. The van der Waals surface area contributed by atoms with E-state index in [1.54, 1.807) is 0 Å². The second-order valence-electron chi connectivity index (χ2n) is 7.37. The Morgan fingerprint density at radius 2 is 0.963 bits per heavy atom. The fraction of sp³-hybridized carbons (Fsp3) is 0.818. The summed E-state index contributed by atoms with van der Waals surface area (Å²) in [5.74, 6) is -2.30. The van der Waals surface area contributed by atoms with Gasteiger partial charge in [-0.05, 0) is 12.8 Å². The number of hydrogen-bond donors (Lipinski definition) is 2. The van der Waals surface area contributed by atoms with Crippen LogP contribution in [0.5, 0.6) is 0 Å². The quantitative estimate of drug-likeness (QED) is 0.153. The Bertz CT molecular complexity index is 394. The standard InChI is InChI=1S/C22H40O4.Na/c1-2-3-4-5-6-7-8-9-10-11-12-13-14-15-16-17-18-20(22(25)26)19-21(23)24;/h19H,2-18H2,1H3,(H,23,24)(H,25,26);/b20-19+;. The maximum atomic E-state index is 10.9. The molecular formula is C22H40NaO4. The van der Waals surface area contributed by atoms with Crippen LogP contribution in [0.1, 0.15) is 116 Å².